The minimum absolute atomic E-state index is 0.119. The maximum absolute atomic E-state index is 12.1. The molecule has 0 aliphatic heterocycles. The van der Waals surface area contributed by atoms with Gasteiger partial charge in [-0.3, -0.25) is 4.79 Å². The van der Waals surface area contributed by atoms with Gasteiger partial charge >= 0.3 is 0 Å². The molecule has 0 aliphatic carbocycles. The van der Waals surface area contributed by atoms with Crippen LogP contribution in [0.4, 0.5) is 5.69 Å². The van der Waals surface area contributed by atoms with E-state index < -0.39 is 15.9 Å². The Bertz CT molecular complexity index is 786. The van der Waals surface area contributed by atoms with Crippen molar-refractivity contribution in [1.82, 2.24) is 4.72 Å². The third kappa shape index (κ3) is 4.54. The Labute approximate surface area is 135 Å². The van der Waals surface area contributed by atoms with Gasteiger partial charge < -0.3 is 10.1 Å². The number of amides is 1. The van der Waals surface area contributed by atoms with Crippen molar-refractivity contribution in [2.45, 2.75) is 11.8 Å². The fourth-order valence-corrected chi connectivity index (χ4v) is 2.89. The molecule has 0 saturated heterocycles. The first-order chi connectivity index (χ1) is 10.9. The second-order valence-electron chi connectivity index (χ2n) is 4.89. The average molecular weight is 334 g/mol. The summed E-state index contributed by atoms with van der Waals surface area (Å²) in [6.45, 7) is 1.50. The Morgan fingerprint density at radius 2 is 1.74 bits per heavy atom. The highest BCUT2D eigenvalue weighted by Gasteiger charge is 2.15. The summed E-state index contributed by atoms with van der Waals surface area (Å²) in [7, 11) is -2.23. The number of ether oxygens (including phenoxy) is 1. The van der Waals surface area contributed by atoms with Gasteiger partial charge in [0.25, 0.3) is 0 Å². The highest BCUT2D eigenvalue weighted by atomic mass is 32.2. The topological polar surface area (TPSA) is 84.5 Å². The molecule has 0 radical (unpaired) electrons. The van der Waals surface area contributed by atoms with Crippen LogP contribution in [0.2, 0.25) is 0 Å². The summed E-state index contributed by atoms with van der Waals surface area (Å²) in [5, 5.41) is 2.60. The van der Waals surface area contributed by atoms with Gasteiger partial charge in [0.05, 0.1) is 24.2 Å². The molecule has 2 rings (SSSR count). The predicted molar refractivity (Wildman–Crippen MR) is 88.0 cm³/mol. The number of rotatable bonds is 6. The van der Waals surface area contributed by atoms with Crippen LogP contribution in [0.1, 0.15) is 5.56 Å². The molecule has 2 aromatic rings. The molecule has 7 heteroatoms. The van der Waals surface area contributed by atoms with Crippen LogP contribution in [0.15, 0.2) is 53.4 Å². The fourth-order valence-electron chi connectivity index (χ4n) is 1.90. The van der Waals surface area contributed by atoms with Crippen molar-refractivity contribution in [2.24, 2.45) is 0 Å². The number of nitrogens with one attached hydrogen (secondary N) is 2. The number of aryl methyl sites for hydroxylation is 1. The molecule has 0 atom stereocenters. The number of methoxy groups -OCH3 is 1. The summed E-state index contributed by atoms with van der Waals surface area (Å²) in [6.07, 6.45) is 0. The zero-order valence-corrected chi connectivity index (χ0v) is 13.7. The van der Waals surface area contributed by atoms with E-state index in [2.05, 4.69) is 10.0 Å². The number of hydrogen-bond donors (Lipinski definition) is 2. The minimum atomic E-state index is -3.72. The normalized spacial score (nSPS) is 11.0. The van der Waals surface area contributed by atoms with Crippen LogP contribution < -0.4 is 14.8 Å². The summed E-state index contributed by atoms with van der Waals surface area (Å²) in [6, 6.07) is 13.3. The molecule has 23 heavy (non-hydrogen) atoms. The van der Waals surface area contributed by atoms with E-state index in [9.17, 15) is 13.2 Å². The molecule has 0 aromatic heterocycles. The number of hydrogen-bond acceptors (Lipinski definition) is 4. The highest BCUT2D eigenvalue weighted by Crippen LogP contribution is 2.22. The molecule has 2 aromatic carbocycles. The van der Waals surface area contributed by atoms with Crippen LogP contribution in [0.5, 0.6) is 5.75 Å². The number of para-hydroxylation sites is 2. The van der Waals surface area contributed by atoms with Crippen LogP contribution >= 0.6 is 0 Å². The van der Waals surface area contributed by atoms with Crippen molar-refractivity contribution < 1.29 is 17.9 Å². The highest BCUT2D eigenvalue weighted by molar-refractivity contribution is 7.89. The molecule has 6 nitrogen and oxygen atoms in total. The lowest BCUT2D eigenvalue weighted by Gasteiger charge is -2.10. The Morgan fingerprint density at radius 1 is 1.09 bits per heavy atom. The van der Waals surface area contributed by atoms with E-state index >= 15 is 0 Å². The van der Waals surface area contributed by atoms with Crippen molar-refractivity contribution in [2.75, 3.05) is 19.0 Å². The molecule has 0 bridgehead atoms. The zero-order chi connectivity index (χ0) is 16.9. The third-order valence-electron chi connectivity index (χ3n) is 3.14. The molecular formula is C16H18N2O4S. The van der Waals surface area contributed by atoms with Crippen LogP contribution in [0.25, 0.3) is 0 Å². The molecule has 0 unspecified atom stereocenters. The molecule has 1 amide bonds. The molecule has 122 valence electrons. The summed E-state index contributed by atoms with van der Waals surface area (Å²) in [4.78, 5) is 12.0. The molecule has 2 N–H and O–H groups in total. The SMILES string of the molecule is COc1ccccc1NC(=O)CNS(=O)(=O)c1ccc(C)cc1. The van der Waals surface area contributed by atoms with Crippen LogP contribution in [0, 0.1) is 6.92 Å². The summed E-state index contributed by atoms with van der Waals surface area (Å²) >= 11 is 0. The standard InChI is InChI=1S/C16H18N2O4S/c1-12-7-9-13(10-8-12)23(20,21)17-11-16(19)18-14-5-3-4-6-15(14)22-2/h3-10,17H,11H2,1-2H3,(H,18,19). The van der Waals surface area contributed by atoms with E-state index in [1.165, 1.54) is 19.2 Å². The molecular weight excluding hydrogens is 316 g/mol. The van der Waals surface area contributed by atoms with Gasteiger partial charge in [0, 0.05) is 0 Å². The van der Waals surface area contributed by atoms with Gasteiger partial charge in [0.15, 0.2) is 0 Å². The molecule has 0 aliphatic rings. The van der Waals surface area contributed by atoms with Gasteiger partial charge in [0.2, 0.25) is 15.9 Å². The second-order valence-corrected chi connectivity index (χ2v) is 6.65. The number of sulfonamides is 1. The maximum atomic E-state index is 12.1. The van der Waals surface area contributed by atoms with E-state index in [0.717, 1.165) is 5.56 Å². The van der Waals surface area contributed by atoms with Crippen molar-refractivity contribution in [3.63, 3.8) is 0 Å². The smallest absolute Gasteiger partial charge is 0.241 e. The van der Waals surface area contributed by atoms with Gasteiger partial charge in [-0.15, -0.1) is 0 Å². The van der Waals surface area contributed by atoms with Gasteiger partial charge in [-0.05, 0) is 31.2 Å². The minimum Gasteiger partial charge on any atom is -0.495 e. The third-order valence-corrected chi connectivity index (χ3v) is 4.55. The van der Waals surface area contributed by atoms with Gasteiger partial charge in [-0.1, -0.05) is 29.8 Å². The van der Waals surface area contributed by atoms with Crippen molar-refractivity contribution in [3.8, 4) is 5.75 Å². The zero-order valence-electron chi connectivity index (χ0n) is 12.9. The quantitative estimate of drug-likeness (QED) is 0.845. The number of carbonyl (C=O) groups excluding carboxylic acids is 1. The van der Waals surface area contributed by atoms with E-state index in [4.69, 9.17) is 4.74 Å². The largest absolute Gasteiger partial charge is 0.495 e. The van der Waals surface area contributed by atoms with Crippen LogP contribution in [-0.4, -0.2) is 28.0 Å². The Morgan fingerprint density at radius 3 is 2.39 bits per heavy atom. The monoisotopic (exact) mass is 334 g/mol. The van der Waals surface area contributed by atoms with E-state index in [-0.39, 0.29) is 11.4 Å². The van der Waals surface area contributed by atoms with Crippen molar-refractivity contribution >= 4 is 21.6 Å². The first-order valence-corrected chi connectivity index (χ1v) is 8.40. The molecule has 0 saturated carbocycles. The summed E-state index contributed by atoms with van der Waals surface area (Å²) in [5.41, 5.74) is 1.44. The number of benzene rings is 2. The first-order valence-electron chi connectivity index (χ1n) is 6.91. The lowest BCUT2D eigenvalue weighted by molar-refractivity contribution is -0.115. The summed E-state index contributed by atoms with van der Waals surface area (Å²) < 4.78 is 31.6. The lowest BCUT2D eigenvalue weighted by Crippen LogP contribution is -2.33. The average Bonchev–Trinajstić information content (AvgIpc) is 2.54. The van der Waals surface area contributed by atoms with Crippen molar-refractivity contribution in [3.05, 3.63) is 54.1 Å². The van der Waals surface area contributed by atoms with Gasteiger partial charge in [-0.25, -0.2) is 13.1 Å². The van der Waals surface area contributed by atoms with Gasteiger partial charge in [-0.2, -0.15) is 0 Å². The molecule has 0 spiro atoms. The Balaban J connectivity index is 2.00. The Hall–Kier alpha value is -2.38. The van der Waals surface area contributed by atoms with Crippen molar-refractivity contribution in [1.29, 1.82) is 0 Å². The van der Waals surface area contributed by atoms with E-state index in [0.29, 0.717) is 11.4 Å². The molecule has 0 fully saturated rings. The fraction of sp³-hybridized carbons (Fsp3) is 0.188. The number of carbonyl (C=O) groups is 1. The lowest BCUT2D eigenvalue weighted by atomic mass is 10.2. The first kappa shape index (κ1) is 17.0. The maximum Gasteiger partial charge on any atom is 0.241 e. The van der Waals surface area contributed by atoms with Crippen LogP contribution in [0.3, 0.4) is 0 Å². The van der Waals surface area contributed by atoms with Gasteiger partial charge in [0.1, 0.15) is 5.75 Å². The summed E-state index contributed by atoms with van der Waals surface area (Å²) in [5.74, 6) is 0.0208. The predicted octanol–water partition coefficient (Wildman–Crippen LogP) is 1.92. The Kier molecular flexibility index (Phi) is 5.36. The van der Waals surface area contributed by atoms with E-state index in [1.54, 1.807) is 36.4 Å². The molecule has 0 heterocycles. The number of anilines is 1. The van der Waals surface area contributed by atoms with E-state index in [1.807, 2.05) is 6.92 Å². The second kappa shape index (κ2) is 7.26. The van der Waals surface area contributed by atoms with Crippen LogP contribution in [-0.2, 0) is 14.8 Å².